The van der Waals surface area contributed by atoms with E-state index in [1.54, 1.807) is 0 Å². The molecule has 0 heterocycles. The van der Waals surface area contributed by atoms with Crippen molar-refractivity contribution in [1.82, 2.24) is 0 Å². The van der Waals surface area contributed by atoms with Crippen molar-refractivity contribution < 1.29 is 17.2 Å². The van der Waals surface area contributed by atoms with E-state index in [0.717, 1.165) is 6.92 Å². The molecule has 0 aromatic heterocycles. The zero-order valence-corrected chi connectivity index (χ0v) is 5.53. The van der Waals surface area contributed by atoms with Crippen LogP contribution in [0.3, 0.4) is 0 Å². The molecule has 9 heavy (non-hydrogen) atoms. The lowest BCUT2D eigenvalue weighted by molar-refractivity contribution is 0.147. The van der Waals surface area contributed by atoms with Crippen molar-refractivity contribution in [2.24, 2.45) is 5.14 Å². The van der Waals surface area contributed by atoms with Crippen LogP contribution in [0, 0.1) is 0 Å². The van der Waals surface area contributed by atoms with Crippen LogP contribution in [0.15, 0.2) is 0 Å². The molecule has 1 atom stereocenters. The standard InChI is InChI=1S/C3H7F2NO2S/c1-2(3(4)5)9(6,7)8/h2-3H,1H3,(H2,6,7,8). The highest BCUT2D eigenvalue weighted by Gasteiger charge is 2.25. The number of alkyl halides is 2. The van der Waals surface area contributed by atoms with Gasteiger partial charge in [-0.3, -0.25) is 0 Å². The molecule has 0 aliphatic rings. The summed E-state index contributed by atoms with van der Waals surface area (Å²) in [6.07, 6.45) is -2.90. The van der Waals surface area contributed by atoms with Crippen LogP contribution >= 0.6 is 0 Å². The highest BCUT2D eigenvalue weighted by Crippen LogP contribution is 2.06. The Morgan fingerprint density at radius 2 is 1.78 bits per heavy atom. The van der Waals surface area contributed by atoms with Gasteiger partial charge in [0.05, 0.1) is 0 Å². The van der Waals surface area contributed by atoms with Gasteiger partial charge < -0.3 is 0 Å². The summed E-state index contributed by atoms with van der Waals surface area (Å²) in [5.41, 5.74) is 0. The SMILES string of the molecule is CC(C(F)F)S(N)(=O)=O. The lowest BCUT2D eigenvalue weighted by atomic mass is 10.5. The zero-order chi connectivity index (χ0) is 7.65. The number of hydrogen-bond donors (Lipinski definition) is 1. The Morgan fingerprint density at radius 3 is 1.78 bits per heavy atom. The summed E-state index contributed by atoms with van der Waals surface area (Å²) >= 11 is 0. The Morgan fingerprint density at radius 1 is 1.44 bits per heavy atom. The van der Waals surface area contributed by atoms with E-state index in [-0.39, 0.29) is 0 Å². The summed E-state index contributed by atoms with van der Waals surface area (Å²) in [7, 11) is -4.05. The van der Waals surface area contributed by atoms with E-state index in [2.05, 4.69) is 5.14 Å². The van der Waals surface area contributed by atoms with Crippen molar-refractivity contribution >= 4 is 10.0 Å². The summed E-state index contributed by atoms with van der Waals surface area (Å²) in [5.74, 6) is 0. The molecule has 0 aromatic rings. The predicted octanol–water partition coefficient (Wildman–Crippen LogP) is -0.0715. The molecule has 0 bridgehead atoms. The summed E-state index contributed by atoms with van der Waals surface area (Å²) in [6, 6.07) is 0. The maximum absolute atomic E-state index is 11.5. The van der Waals surface area contributed by atoms with Crippen molar-refractivity contribution in [3.8, 4) is 0 Å². The van der Waals surface area contributed by atoms with E-state index in [9.17, 15) is 17.2 Å². The molecule has 0 saturated heterocycles. The normalized spacial score (nSPS) is 16.1. The van der Waals surface area contributed by atoms with E-state index in [1.165, 1.54) is 0 Å². The van der Waals surface area contributed by atoms with Crippen LogP contribution in [-0.4, -0.2) is 20.1 Å². The number of hydrogen-bond acceptors (Lipinski definition) is 2. The lowest BCUT2D eigenvalue weighted by Crippen LogP contribution is -2.31. The maximum Gasteiger partial charge on any atom is 0.256 e. The number of sulfonamides is 1. The first kappa shape index (κ1) is 8.77. The van der Waals surface area contributed by atoms with Crippen molar-refractivity contribution in [1.29, 1.82) is 0 Å². The molecule has 6 heteroatoms. The monoisotopic (exact) mass is 159 g/mol. The third-order valence-electron chi connectivity index (χ3n) is 0.873. The maximum atomic E-state index is 11.5. The van der Waals surface area contributed by atoms with E-state index in [0.29, 0.717) is 0 Å². The lowest BCUT2D eigenvalue weighted by Gasteiger charge is -2.04. The van der Waals surface area contributed by atoms with Gasteiger partial charge in [0.25, 0.3) is 6.43 Å². The second kappa shape index (κ2) is 2.57. The summed E-state index contributed by atoms with van der Waals surface area (Å²) in [4.78, 5) is 0. The zero-order valence-electron chi connectivity index (χ0n) is 4.71. The fraction of sp³-hybridized carbons (Fsp3) is 1.00. The molecule has 0 amide bonds. The van der Waals surface area contributed by atoms with Gasteiger partial charge in [-0.15, -0.1) is 0 Å². The molecule has 0 aliphatic carbocycles. The van der Waals surface area contributed by atoms with Crippen molar-refractivity contribution in [3.63, 3.8) is 0 Å². The molecule has 0 aromatic carbocycles. The van der Waals surface area contributed by atoms with E-state index in [4.69, 9.17) is 0 Å². The van der Waals surface area contributed by atoms with E-state index >= 15 is 0 Å². The van der Waals surface area contributed by atoms with Gasteiger partial charge in [0, 0.05) is 0 Å². The first-order valence-electron chi connectivity index (χ1n) is 2.15. The molecule has 0 fully saturated rings. The fourth-order valence-corrected chi connectivity index (χ4v) is 0.430. The molecule has 0 radical (unpaired) electrons. The van der Waals surface area contributed by atoms with Gasteiger partial charge in [0.15, 0.2) is 0 Å². The highest BCUT2D eigenvalue weighted by molar-refractivity contribution is 7.89. The molecular formula is C3H7F2NO2S. The Labute approximate surface area is 51.9 Å². The number of primary sulfonamides is 1. The van der Waals surface area contributed by atoms with Gasteiger partial charge in [-0.2, -0.15) is 0 Å². The van der Waals surface area contributed by atoms with Crippen LogP contribution in [-0.2, 0) is 10.0 Å². The first-order valence-corrected chi connectivity index (χ1v) is 3.76. The van der Waals surface area contributed by atoms with Crippen LogP contribution in [0.25, 0.3) is 0 Å². The van der Waals surface area contributed by atoms with Crippen molar-refractivity contribution in [2.45, 2.75) is 18.6 Å². The number of nitrogens with two attached hydrogens (primary N) is 1. The minimum atomic E-state index is -4.05. The number of halogens is 2. The van der Waals surface area contributed by atoms with Crippen LogP contribution in [0.4, 0.5) is 8.78 Å². The van der Waals surface area contributed by atoms with E-state index < -0.39 is 21.7 Å². The van der Waals surface area contributed by atoms with Crippen LogP contribution in [0.1, 0.15) is 6.92 Å². The molecule has 56 valence electrons. The molecule has 0 rings (SSSR count). The molecular weight excluding hydrogens is 152 g/mol. The molecule has 1 unspecified atom stereocenters. The average Bonchev–Trinajstić information content (AvgIpc) is 1.62. The summed E-state index contributed by atoms with van der Waals surface area (Å²) in [5, 5.41) is 2.61. The molecule has 2 N–H and O–H groups in total. The third-order valence-corrected chi connectivity index (χ3v) is 2.12. The third kappa shape index (κ3) is 2.71. The minimum Gasteiger partial charge on any atom is -0.228 e. The summed E-state index contributed by atoms with van der Waals surface area (Å²) < 4.78 is 43.1. The molecule has 0 aliphatic heterocycles. The second-order valence-corrected chi connectivity index (χ2v) is 3.55. The van der Waals surface area contributed by atoms with Gasteiger partial charge in [-0.05, 0) is 6.92 Å². The summed E-state index contributed by atoms with van der Waals surface area (Å²) in [6.45, 7) is 0.861. The highest BCUT2D eigenvalue weighted by atomic mass is 32.2. The second-order valence-electron chi connectivity index (χ2n) is 1.63. The molecule has 3 nitrogen and oxygen atoms in total. The van der Waals surface area contributed by atoms with Crippen LogP contribution < -0.4 is 5.14 Å². The van der Waals surface area contributed by atoms with Crippen LogP contribution in [0.5, 0.6) is 0 Å². The Balaban J connectivity index is 4.24. The Bertz CT molecular complexity index is 176. The Hall–Kier alpha value is -0.230. The van der Waals surface area contributed by atoms with E-state index in [1.807, 2.05) is 0 Å². The van der Waals surface area contributed by atoms with Gasteiger partial charge in [-0.25, -0.2) is 22.3 Å². The van der Waals surface area contributed by atoms with Crippen molar-refractivity contribution in [2.75, 3.05) is 0 Å². The van der Waals surface area contributed by atoms with Gasteiger partial charge >= 0.3 is 0 Å². The quantitative estimate of drug-likeness (QED) is 0.613. The first-order chi connectivity index (χ1) is 3.85. The molecule has 0 spiro atoms. The van der Waals surface area contributed by atoms with Gasteiger partial charge in [0.1, 0.15) is 5.25 Å². The number of rotatable bonds is 2. The largest absolute Gasteiger partial charge is 0.256 e. The molecule has 0 saturated carbocycles. The fourth-order valence-electron chi connectivity index (χ4n) is 0.143. The van der Waals surface area contributed by atoms with Crippen molar-refractivity contribution in [3.05, 3.63) is 0 Å². The predicted molar refractivity (Wildman–Crippen MR) is 28.6 cm³/mol. The van der Waals surface area contributed by atoms with Crippen LogP contribution in [0.2, 0.25) is 0 Å². The van der Waals surface area contributed by atoms with Gasteiger partial charge in [-0.1, -0.05) is 0 Å². The topological polar surface area (TPSA) is 60.2 Å². The smallest absolute Gasteiger partial charge is 0.228 e. The minimum absolute atomic E-state index is 0.861. The Kier molecular flexibility index (Phi) is 2.50. The van der Waals surface area contributed by atoms with Gasteiger partial charge in [0.2, 0.25) is 10.0 Å². The average molecular weight is 159 g/mol.